The summed E-state index contributed by atoms with van der Waals surface area (Å²) in [6.45, 7) is 0.619. The average Bonchev–Trinajstić information content (AvgIpc) is 2.73. The molecule has 1 aromatic heterocycles. The largest absolute Gasteiger partial charge is 0.481 e. The maximum Gasteiger partial charge on any atom is 0.308 e. The highest BCUT2D eigenvalue weighted by Crippen LogP contribution is 2.30. The molecule has 1 atom stereocenters. The number of aryl methyl sites for hydroxylation is 1. The van der Waals surface area contributed by atoms with Crippen molar-refractivity contribution in [2.75, 3.05) is 5.75 Å². The standard InChI is InChI=1S/C10H12N2O2S/c13-10(14)6-3-9-11-7-1-2-15-5-8(7)12(9)4-6/h6H,1-5H2,(H,13,14). The Labute approximate surface area is 91.7 Å². The second-order valence-corrected chi connectivity index (χ2v) is 5.18. The highest BCUT2D eigenvalue weighted by molar-refractivity contribution is 7.98. The summed E-state index contributed by atoms with van der Waals surface area (Å²) >= 11 is 1.91. The monoisotopic (exact) mass is 224 g/mol. The molecule has 15 heavy (non-hydrogen) atoms. The van der Waals surface area contributed by atoms with Gasteiger partial charge in [0, 0.05) is 25.1 Å². The van der Waals surface area contributed by atoms with Crippen LogP contribution in [0.15, 0.2) is 0 Å². The van der Waals surface area contributed by atoms with E-state index in [1.165, 1.54) is 11.4 Å². The molecule has 5 heteroatoms. The summed E-state index contributed by atoms with van der Waals surface area (Å²) in [5.74, 6) is 2.16. The summed E-state index contributed by atoms with van der Waals surface area (Å²) < 4.78 is 2.13. The van der Waals surface area contributed by atoms with Crippen LogP contribution in [0.5, 0.6) is 0 Å². The van der Waals surface area contributed by atoms with E-state index in [0.29, 0.717) is 13.0 Å². The zero-order chi connectivity index (χ0) is 10.4. The fourth-order valence-corrected chi connectivity index (χ4v) is 3.33. The number of nitrogens with zero attached hydrogens (tertiary/aromatic N) is 2. The molecule has 4 nitrogen and oxygen atoms in total. The van der Waals surface area contributed by atoms with Gasteiger partial charge in [-0.3, -0.25) is 4.79 Å². The van der Waals surface area contributed by atoms with Gasteiger partial charge in [0.1, 0.15) is 5.82 Å². The molecule has 0 aliphatic carbocycles. The number of imidazole rings is 1. The predicted molar refractivity (Wildman–Crippen MR) is 56.9 cm³/mol. The SMILES string of the molecule is O=C(O)C1Cc2nc3c(n2C1)CSCC3. The van der Waals surface area contributed by atoms with E-state index in [4.69, 9.17) is 5.11 Å². The zero-order valence-corrected chi connectivity index (χ0v) is 9.09. The number of hydrogen-bond donors (Lipinski definition) is 1. The van der Waals surface area contributed by atoms with Crippen molar-refractivity contribution in [3.05, 3.63) is 17.2 Å². The van der Waals surface area contributed by atoms with Crippen molar-refractivity contribution in [3.8, 4) is 0 Å². The minimum atomic E-state index is -0.697. The molecule has 0 saturated heterocycles. The Balaban J connectivity index is 1.95. The number of hydrogen-bond acceptors (Lipinski definition) is 3. The van der Waals surface area contributed by atoms with E-state index in [9.17, 15) is 4.79 Å². The Bertz CT molecular complexity index is 427. The van der Waals surface area contributed by atoms with Crippen LogP contribution in [0.4, 0.5) is 0 Å². The summed E-state index contributed by atoms with van der Waals surface area (Å²) in [6.07, 6.45) is 1.64. The van der Waals surface area contributed by atoms with Gasteiger partial charge >= 0.3 is 5.97 Å². The van der Waals surface area contributed by atoms with E-state index in [-0.39, 0.29) is 5.92 Å². The quantitative estimate of drug-likeness (QED) is 0.771. The Hall–Kier alpha value is -0.970. The number of aromatic nitrogens is 2. The van der Waals surface area contributed by atoms with E-state index in [2.05, 4.69) is 9.55 Å². The molecule has 0 radical (unpaired) electrons. The lowest BCUT2D eigenvalue weighted by Crippen LogP contribution is -2.16. The maximum atomic E-state index is 10.9. The average molecular weight is 224 g/mol. The van der Waals surface area contributed by atoms with Crippen molar-refractivity contribution in [1.82, 2.24) is 9.55 Å². The normalized spacial score (nSPS) is 23.6. The molecule has 0 fully saturated rings. The first-order chi connectivity index (χ1) is 7.25. The highest BCUT2D eigenvalue weighted by atomic mass is 32.2. The molecule has 0 bridgehead atoms. The van der Waals surface area contributed by atoms with Crippen molar-refractivity contribution in [2.24, 2.45) is 5.92 Å². The molecule has 0 amide bonds. The first-order valence-corrected chi connectivity index (χ1v) is 6.29. The molecule has 3 heterocycles. The van der Waals surface area contributed by atoms with Gasteiger partial charge in [0.15, 0.2) is 0 Å². The van der Waals surface area contributed by atoms with Gasteiger partial charge in [-0.25, -0.2) is 4.98 Å². The van der Waals surface area contributed by atoms with Gasteiger partial charge in [-0.1, -0.05) is 0 Å². The fourth-order valence-electron chi connectivity index (χ4n) is 2.33. The van der Waals surface area contributed by atoms with Crippen LogP contribution in [-0.4, -0.2) is 26.4 Å². The van der Waals surface area contributed by atoms with Gasteiger partial charge in [-0.15, -0.1) is 0 Å². The molecular weight excluding hydrogens is 212 g/mol. The second kappa shape index (κ2) is 3.27. The Morgan fingerprint density at radius 3 is 3.27 bits per heavy atom. The van der Waals surface area contributed by atoms with E-state index in [0.717, 1.165) is 23.8 Å². The number of carboxylic acid groups (broad SMARTS) is 1. The third-order valence-electron chi connectivity index (χ3n) is 3.14. The van der Waals surface area contributed by atoms with Crippen LogP contribution in [0.1, 0.15) is 17.2 Å². The van der Waals surface area contributed by atoms with Crippen LogP contribution in [-0.2, 0) is 29.9 Å². The van der Waals surface area contributed by atoms with Crippen molar-refractivity contribution < 1.29 is 9.90 Å². The minimum Gasteiger partial charge on any atom is -0.481 e. The molecule has 0 saturated carbocycles. The third-order valence-corrected chi connectivity index (χ3v) is 4.11. The molecular formula is C10H12N2O2S. The van der Waals surface area contributed by atoms with Crippen LogP contribution in [0, 0.1) is 5.92 Å². The van der Waals surface area contributed by atoms with Crippen LogP contribution in [0.3, 0.4) is 0 Å². The summed E-state index contributed by atoms with van der Waals surface area (Å²) in [6, 6.07) is 0. The Morgan fingerprint density at radius 2 is 2.47 bits per heavy atom. The summed E-state index contributed by atoms with van der Waals surface area (Å²) in [4.78, 5) is 15.4. The number of rotatable bonds is 1. The molecule has 3 rings (SSSR count). The van der Waals surface area contributed by atoms with Gasteiger partial charge in [-0.2, -0.15) is 11.8 Å². The number of thioether (sulfide) groups is 1. The lowest BCUT2D eigenvalue weighted by atomic mass is 10.1. The van der Waals surface area contributed by atoms with Crippen LogP contribution >= 0.6 is 11.8 Å². The summed E-state index contributed by atoms with van der Waals surface area (Å²) in [5.41, 5.74) is 2.47. The minimum absolute atomic E-state index is 0.260. The van der Waals surface area contributed by atoms with Crippen molar-refractivity contribution >= 4 is 17.7 Å². The Kier molecular flexibility index (Phi) is 2.02. The highest BCUT2D eigenvalue weighted by Gasteiger charge is 2.32. The van der Waals surface area contributed by atoms with E-state index in [1.807, 2.05) is 11.8 Å². The van der Waals surface area contributed by atoms with Crippen LogP contribution < -0.4 is 0 Å². The molecule has 2 aliphatic rings. The maximum absolute atomic E-state index is 10.9. The molecule has 0 aromatic carbocycles. The Morgan fingerprint density at radius 1 is 1.60 bits per heavy atom. The van der Waals surface area contributed by atoms with Crippen molar-refractivity contribution in [2.45, 2.75) is 25.1 Å². The first-order valence-electron chi connectivity index (χ1n) is 5.13. The lowest BCUT2D eigenvalue weighted by Gasteiger charge is -2.13. The van der Waals surface area contributed by atoms with Gasteiger partial charge < -0.3 is 9.67 Å². The van der Waals surface area contributed by atoms with Crippen LogP contribution in [0.25, 0.3) is 0 Å². The van der Waals surface area contributed by atoms with Gasteiger partial charge in [0.2, 0.25) is 0 Å². The third kappa shape index (κ3) is 1.37. The summed E-state index contributed by atoms with van der Waals surface area (Å²) in [7, 11) is 0. The molecule has 2 aliphatic heterocycles. The zero-order valence-electron chi connectivity index (χ0n) is 8.27. The molecule has 0 spiro atoms. The molecule has 1 N–H and O–H groups in total. The fraction of sp³-hybridized carbons (Fsp3) is 0.600. The van der Waals surface area contributed by atoms with Crippen molar-refractivity contribution in [3.63, 3.8) is 0 Å². The van der Waals surface area contributed by atoms with E-state index >= 15 is 0 Å². The number of carboxylic acids is 1. The van der Waals surface area contributed by atoms with E-state index < -0.39 is 5.97 Å². The molecule has 1 unspecified atom stereocenters. The second-order valence-electron chi connectivity index (χ2n) is 4.07. The lowest BCUT2D eigenvalue weighted by molar-refractivity contribution is -0.141. The van der Waals surface area contributed by atoms with Crippen molar-refractivity contribution in [1.29, 1.82) is 0 Å². The van der Waals surface area contributed by atoms with Gasteiger partial charge in [0.25, 0.3) is 0 Å². The number of aliphatic carboxylic acids is 1. The molecule has 80 valence electrons. The smallest absolute Gasteiger partial charge is 0.308 e. The van der Waals surface area contributed by atoms with Crippen LogP contribution in [0.2, 0.25) is 0 Å². The number of fused-ring (bicyclic) bond motifs is 3. The summed E-state index contributed by atoms with van der Waals surface area (Å²) in [5, 5.41) is 8.96. The van der Waals surface area contributed by atoms with E-state index in [1.54, 1.807) is 0 Å². The molecule has 1 aromatic rings. The van der Waals surface area contributed by atoms with Gasteiger partial charge in [-0.05, 0) is 5.75 Å². The topological polar surface area (TPSA) is 55.1 Å². The predicted octanol–water partition coefficient (Wildman–Crippen LogP) is 0.929. The van der Waals surface area contributed by atoms with Gasteiger partial charge in [0.05, 0.1) is 17.3 Å². The first kappa shape index (κ1) is 9.27. The number of carbonyl (C=O) groups is 1.